The summed E-state index contributed by atoms with van der Waals surface area (Å²) in [5.74, 6) is 1.10. The van der Waals surface area contributed by atoms with Gasteiger partial charge in [-0.3, -0.25) is 9.59 Å². The molecule has 0 unspecified atom stereocenters. The molecule has 0 aromatic heterocycles. The highest BCUT2D eigenvalue weighted by Gasteiger charge is 2.31. The van der Waals surface area contributed by atoms with Gasteiger partial charge in [0.2, 0.25) is 5.91 Å². The maximum atomic E-state index is 13.3. The molecule has 0 heterocycles. The van der Waals surface area contributed by atoms with Crippen LogP contribution in [0.25, 0.3) is 0 Å². The lowest BCUT2D eigenvalue weighted by molar-refractivity contribution is -0.143. The third-order valence-electron chi connectivity index (χ3n) is 5.01. The fourth-order valence-electron chi connectivity index (χ4n) is 3.47. The summed E-state index contributed by atoms with van der Waals surface area (Å²) in [5, 5.41) is 3.00. The second-order valence-corrected chi connectivity index (χ2v) is 9.01. The molecule has 180 valence electrons. The molecule has 1 atom stereocenters. The zero-order valence-corrected chi connectivity index (χ0v) is 20.7. The van der Waals surface area contributed by atoms with Gasteiger partial charge in [0.15, 0.2) is 6.61 Å². The van der Waals surface area contributed by atoms with Crippen LogP contribution < -0.4 is 19.5 Å². The SMILES string of the molecule is CC[C@@H](C(=O)NC(C)(C)C)N(Cc1cccc(C)c1)C(=O)COc1cc(OC)cc(OC)c1. The molecule has 0 aliphatic carbocycles. The maximum Gasteiger partial charge on any atom is 0.261 e. The van der Waals surface area contributed by atoms with E-state index in [1.807, 2.05) is 58.9 Å². The number of nitrogens with zero attached hydrogens (tertiary/aromatic N) is 1. The molecule has 33 heavy (non-hydrogen) atoms. The van der Waals surface area contributed by atoms with Gasteiger partial charge in [-0.05, 0) is 39.7 Å². The molecule has 0 aliphatic rings. The summed E-state index contributed by atoms with van der Waals surface area (Å²) in [5.41, 5.74) is 1.64. The van der Waals surface area contributed by atoms with Gasteiger partial charge in [-0.1, -0.05) is 36.8 Å². The Hall–Kier alpha value is -3.22. The lowest BCUT2D eigenvalue weighted by Crippen LogP contribution is -2.54. The predicted octanol–water partition coefficient (Wildman–Crippen LogP) is 4.11. The van der Waals surface area contributed by atoms with Crippen molar-refractivity contribution in [1.29, 1.82) is 0 Å². The lowest BCUT2D eigenvalue weighted by atomic mass is 10.1. The number of hydrogen-bond acceptors (Lipinski definition) is 5. The van der Waals surface area contributed by atoms with Crippen molar-refractivity contribution >= 4 is 11.8 Å². The number of ether oxygens (including phenoxy) is 3. The summed E-state index contributed by atoms with van der Waals surface area (Å²) in [4.78, 5) is 28.0. The molecule has 0 radical (unpaired) electrons. The fourth-order valence-corrected chi connectivity index (χ4v) is 3.47. The van der Waals surface area contributed by atoms with Gasteiger partial charge in [0.25, 0.3) is 5.91 Å². The van der Waals surface area contributed by atoms with Crippen LogP contribution in [-0.2, 0) is 16.1 Å². The molecule has 7 nitrogen and oxygen atoms in total. The summed E-state index contributed by atoms with van der Waals surface area (Å²) >= 11 is 0. The molecule has 2 aromatic carbocycles. The summed E-state index contributed by atoms with van der Waals surface area (Å²) in [6.45, 7) is 9.75. The zero-order chi connectivity index (χ0) is 24.6. The molecule has 7 heteroatoms. The Morgan fingerprint density at radius 2 is 1.61 bits per heavy atom. The van der Waals surface area contributed by atoms with E-state index in [0.717, 1.165) is 11.1 Å². The average molecular weight is 457 g/mol. The Bertz CT molecular complexity index is 930. The minimum Gasteiger partial charge on any atom is -0.496 e. The summed E-state index contributed by atoms with van der Waals surface area (Å²) in [6.07, 6.45) is 0.479. The number of amides is 2. The van der Waals surface area contributed by atoms with Crippen molar-refractivity contribution in [2.75, 3.05) is 20.8 Å². The molecular formula is C26H36N2O5. The van der Waals surface area contributed by atoms with Crippen molar-refractivity contribution in [3.05, 3.63) is 53.6 Å². The van der Waals surface area contributed by atoms with Crippen molar-refractivity contribution in [2.45, 2.75) is 59.2 Å². The number of methoxy groups -OCH3 is 2. The van der Waals surface area contributed by atoms with E-state index in [1.54, 1.807) is 37.3 Å². The van der Waals surface area contributed by atoms with Crippen molar-refractivity contribution < 1.29 is 23.8 Å². The summed E-state index contributed by atoms with van der Waals surface area (Å²) < 4.78 is 16.3. The van der Waals surface area contributed by atoms with Crippen LogP contribution in [0.2, 0.25) is 0 Å². The first kappa shape index (κ1) is 26.0. The van der Waals surface area contributed by atoms with E-state index in [-0.39, 0.29) is 18.4 Å². The predicted molar refractivity (Wildman–Crippen MR) is 129 cm³/mol. The molecule has 0 spiro atoms. The van der Waals surface area contributed by atoms with Crippen LogP contribution >= 0.6 is 0 Å². The lowest BCUT2D eigenvalue weighted by Gasteiger charge is -2.33. The first-order valence-electron chi connectivity index (χ1n) is 11.1. The van der Waals surface area contributed by atoms with Crippen LogP contribution in [0.5, 0.6) is 17.2 Å². The first-order chi connectivity index (χ1) is 15.6. The highest BCUT2D eigenvalue weighted by Crippen LogP contribution is 2.27. The highest BCUT2D eigenvalue weighted by atomic mass is 16.5. The molecule has 0 fully saturated rings. The van der Waals surface area contributed by atoms with Crippen molar-refractivity contribution in [1.82, 2.24) is 10.2 Å². The van der Waals surface area contributed by atoms with Crippen LogP contribution in [0.15, 0.2) is 42.5 Å². The highest BCUT2D eigenvalue weighted by molar-refractivity contribution is 5.88. The molecule has 2 aromatic rings. The van der Waals surface area contributed by atoms with Gasteiger partial charge in [0, 0.05) is 30.3 Å². The third-order valence-corrected chi connectivity index (χ3v) is 5.01. The topological polar surface area (TPSA) is 77.1 Å². The van der Waals surface area contributed by atoms with E-state index in [1.165, 1.54) is 0 Å². The quantitative estimate of drug-likeness (QED) is 0.582. The van der Waals surface area contributed by atoms with E-state index in [2.05, 4.69) is 5.32 Å². The van der Waals surface area contributed by atoms with Crippen LogP contribution in [0.4, 0.5) is 0 Å². The molecule has 0 saturated carbocycles. The minimum atomic E-state index is -0.624. The number of hydrogen-bond donors (Lipinski definition) is 1. The van der Waals surface area contributed by atoms with E-state index < -0.39 is 11.6 Å². The summed E-state index contributed by atoms with van der Waals surface area (Å²) in [7, 11) is 3.10. The largest absolute Gasteiger partial charge is 0.496 e. The molecule has 2 amide bonds. The van der Waals surface area contributed by atoms with Crippen molar-refractivity contribution in [2.24, 2.45) is 0 Å². The number of carbonyl (C=O) groups is 2. The standard InChI is InChI=1S/C26H36N2O5/c1-8-23(25(30)27-26(3,4)5)28(16-19-11-9-10-18(2)12-19)24(29)17-33-22-14-20(31-6)13-21(15-22)32-7/h9-15,23H,8,16-17H2,1-7H3,(H,27,30)/t23-/m0/s1. The second-order valence-electron chi connectivity index (χ2n) is 9.01. The minimum absolute atomic E-state index is 0.186. The Balaban J connectivity index is 2.27. The van der Waals surface area contributed by atoms with Crippen LogP contribution in [0.1, 0.15) is 45.2 Å². The van der Waals surface area contributed by atoms with E-state index in [9.17, 15) is 9.59 Å². The third kappa shape index (κ3) is 8.00. The van der Waals surface area contributed by atoms with Crippen molar-refractivity contribution in [3.8, 4) is 17.2 Å². The maximum absolute atomic E-state index is 13.3. The Morgan fingerprint density at radius 1 is 1.00 bits per heavy atom. The fraction of sp³-hybridized carbons (Fsp3) is 0.462. The van der Waals surface area contributed by atoms with Crippen LogP contribution in [-0.4, -0.2) is 49.1 Å². The van der Waals surface area contributed by atoms with Crippen molar-refractivity contribution in [3.63, 3.8) is 0 Å². The van der Waals surface area contributed by atoms with Gasteiger partial charge in [0.1, 0.15) is 23.3 Å². The number of nitrogens with one attached hydrogen (secondary N) is 1. The van der Waals surface area contributed by atoms with Gasteiger partial charge in [-0.2, -0.15) is 0 Å². The molecule has 0 bridgehead atoms. The van der Waals surface area contributed by atoms with Crippen LogP contribution in [0.3, 0.4) is 0 Å². The molecular weight excluding hydrogens is 420 g/mol. The Labute approximate surface area is 197 Å². The van der Waals surface area contributed by atoms with Crippen LogP contribution in [0, 0.1) is 6.92 Å². The van der Waals surface area contributed by atoms with E-state index in [4.69, 9.17) is 14.2 Å². The smallest absolute Gasteiger partial charge is 0.261 e. The molecule has 0 aliphatic heterocycles. The van der Waals surface area contributed by atoms with Gasteiger partial charge in [-0.25, -0.2) is 0 Å². The summed E-state index contributed by atoms with van der Waals surface area (Å²) in [6, 6.07) is 12.4. The molecule has 0 saturated heterocycles. The molecule has 2 rings (SSSR count). The zero-order valence-electron chi connectivity index (χ0n) is 20.7. The monoisotopic (exact) mass is 456 g/mol. The van der Waals surface area contributed by atoms with E-state index >= 15 is 0 Å². The van der Waals surface area contributed by atoms with E-state index in [0.29, 0.717) is 30.2 Å². The number of benzene rings is 2. The average Bonchev–Trinajstić information content (AvgIpc) is 2.75. The van der Waals surface area contributed by atoms with Gasteiger partial charge >= 0.3 is 0 Å². The number of carbonyl (C=O) groups excluding carboxylic acids is 2. The normalized spacial score (nSPS) is 12.0. The second kappa shape index (κ2) is 11.6. The first-order valence-corrected chi connectivity index (χ1v) is 11.1. The number of aryl methyl sites for hydroxylation is 1. The Kier molecular flexibility index (Phi) is 9.14. The molecule has 1 N–H and O–H groups in total. The Morgan fingerprint density at radius 3 is 2.12 bits per heavy atom. The van der Waals surface area contributed by atoms with Gasteiger partial charge in [0.05, 0.1) is 14.2 Å². The van der Waals surface area contributed by atoms with Gasteiger partial charge < -0.3 is 24.4 Å². The number of rotatable bonds is 10. The van der Waals surface area contributed by atoms with Gasteiger partial charge in [-0.15, -0.1) is 0 Å².